The Hall–Kier alpha value is -0.200. The molecular formula is C8H15NO4. The predicted octanol–water partition coefficient (Wildman–Crippen LogP) is -2.13. The minimum atomic E-state index is -1.36. The monoisotopic (exact) mass is 189 g/mol. The van der Waals surface area contributed by atoms with Crippen LogP contribution in [0.1, 0.15) is 12.8 Å². The summed E-state index contributed by atoms with van der Waals surface area (Å²) in [4.78, 5) is 1.55. The Morgan fingerprint density at radius 2 is 1.85 bits per heavy atom. The highest BCUT2D eigenvalue weighted by atomic mass is 16.4. The number of piperidine rings is 1. The molecule has 2 bridgehead atoms. The van der Waals surface area contributed by atoms with Gasteiger partial charge >= 0.3 is 0 Å². The molecule has 2 heterocycles. The number of aliphatic hydroxyl groups is 4. The lowest BCUT2D eigenvalue weighted by Gasteiger charge is -2.46. The Morgan fingerprint density at radius 1 is 1.23 bits per heavy atom. The van der Waals surface area contributed by atoms with Gasteiger partial charge in [0.1, 0.15) is 17.9 Å². The number of hydrogen-bond donors (Lipinski definition) is 4. The standard InChI is InChI=1S/C8H15NO4/c1-9-4-2-3-8(9,13)7(12)6(11)5(4)10/h4-7,10-13H,2-3H2,1H3/t4?,5-,6+,7-,8+/m0/s1. The average Bonchev–Trinajstić information content (AvgIpc) is 2.37. The van der Waals surface area contributed by atoms with Crippen molar-refractivity contribution >= 4 is 0 Å². The highest BCUT2D eigenvalue weighted by molar-refractivity contribution is 5.08. The summed E-state index contributed by atoms with van der Waals surface area (Å²) >= 11 is 0. The molecular weight excluding hydrogens is 174 g/mol. The number of hydrogen-bond acceptors (Lipinski definition) is 5. The molecule has 0 amide bonds. The second kappa shape index (κ2) is 2.65. The molecule has 4 N–H and O–H groups in total. The summed E-state index contributed by atoms with van der Waals surface area (Å²) < 4.78 is 0. The number of fused-ring (bicyclic) bond motifs is 2. The van der Waals surface area contributed by atoms with Gasteiger partial charge in [0.15, 0.2) is 0 Å². The van der Waals surface area contributed by atoms with Gasteiger partial charge in [-0.15, -0.1) is 0 Å². The third-order valence-corrected chi connectivity index (χ3v) is 3.46. The largest absolute Gasteiger partial charge is 0.389 e. The molecule has 5 nitrogen and oxygen atoms in total. The van der Waals surface area contributed by atoms with E-state index < -0.39 is 24.0 Å². The van der Waals surface area contributed by atoms with Gasteiger partial charge in [-0.05, 0) is 19.9 Å². The van der Waals surface area contributed by atoms with Crippen LogP contribution in [-0.4, -0.2) is 62.5 Å². The molecule has 1 unspecified atom stereocenters. The van der Waals surface area contributed by atoms with Crippen molar-refractivity contribution < 1.29 is 20.4 Å². The summed E-state index contributed by atoms with van der Waals surface area (Å²) in [6.45, 7) is 0. The van der Waals surface area contributed by atoms with E-state index in [-0.39, 0.29) is 6.04 Å². The van der Waals surface area contributed by atoms with Crippen LogP contribution in [-0.2, 0) is 0 Å². The van der Waals surface area contributed by atoms with Gasteiger partial charge in [-0.1, -0.05) is 0 Å². The van der Waals surface area contributed by atoms with E-state index in [9.17, 15) is 20.4 Å². The van der Waals surface area contributed by atoms with Crippen LogP contribution in [0.5, 0.6) is 0 Å². The Bertz CT molecular complexity index is 222. The van der Waals surface area contributed by atoms with Crippen molar-refractivity contribution in [2.45, 2.75) is 42.9 Å². The van der Waals surface area contributed by atoms with Crippen LogP contribution in [0.3, 0.4) is 0 Å². The van der Waals surface area contributed by atoms with Crippen molar-refractivity contribution in [3.8, 4) is 0 Å². The van der Waals surface area contributed by atoms with E-state index in [1.807, 2.05) is 0 Å². The maximum absolute atomic E-state index is 9.95. The Morgan fingerprint density at radius 3 is 2.46 bits per heavy atom. The molecule has 0 aromatic rings. The van der Waals surface area contributed by atoms with Gasteiger partial charge in [0.25, 0.3) is 0 Å². The summed E-state index contributed by atoms with van der Waals surface area (Å²) in [6.07, 6.45) is -2.51. The minimum absolute atomic E-state index is 0.247. The van der Waals surface area contributed by atoms with Crippen LogP contribution in [0.4, 0.5) is 0 Å². The zero-order valence-electron chi connectivity index (χ0n) is 7.46. The lowest BCUT2D eigenvalue weighted by atomic mass is 9.92. The normalized spacial score (nSPS) is 57.0. The topological polar surface area (TPSA) is 84.2 Å². The molecule has 2 saturated heterocycles. The molecule has 2 aliphatic rings. The minimum Gasteiger partial charge on any atom is -0.389 e. The van der Waals surface area contributed by atoms with E-state index in [0.717, 1.165) is 0 Å². The van der Waals surface area contributed by atoms with E-state index in [2.05, 4.69) is 0 Å². The molecule has 2 fully saturated rings. The smallest absolute Gasteiger partial charge is 0.147 e. The molecule has 76 valence electrons. The van der Waals surface area contributed by atoms with Crippen LogP contribution in [0.25, 0.3) is 0 Å². The second-order valence-electron chi connectivity index (χ2n) is 4.02. The first-order valence-electron chi connectivity index (χ1n) is 4.48. The van der Waals surface area contributed by atoms with Gasteiger partial charge in [-0.3, -0.25) is 4.90 Å². The average molecular weight is 189 g/mol. The Kier molecular flexibility index (Phi) is 1.91. The fraction of sp³-hybridized carbons (Fsp3) is 1.00. The van der Waals surface area contributed by atoms with Gasteiger partial charge in [0.2, 0.25) is 0 Å². The molecule has 0 aliphatic carbocycles. The van der Waals surface area contributed by atoms with Crippen LogP contribution in [0.2, 0.25) is 0 Å². The molecule has 13 heavy (non-hydrogen) atoms. The zero-order valence-corrected chi connectivity index (χ0v) is 7.46. The molecule has 5 atom stereocenters. The SMILES string of the molecule is CN1C2CC[C@@]1(O)[C@@H](O)[C@H](O)[C@H]2O. The molecule has 0 radical (unpaired) electrons. The van der Waals surface area contributed by atoms with E-state index >= 15 is 0 Å². The fourth-order valence-electron chi connectivity index (χ4n) is 2.46. The summed E-state index contributed by atoms with van der Waals surface area (Å²) in [6, 6.07) is -0.247. The van der Waals surface area contributed by atoms with Gasteiger partial charge in [0, 0.05) is 6.04 Å². The fourth-order valence-corrected chi connectivity index (χ4v) is 2.46. The zero-order chi connectivity index (χ0) is 9.80. The Labute approximate surface area is 76.2 Å². The Balaban J connectivity index is 2.34. The predicted molar refractivity (Wildman–Crippen MR) is 43.8 cm³/mol. The number of likely N-dealkylation sites (N-methyl/N-ethyl adjacent to an activating group) is 1. The van der Waals surface area contributed by atoms with E-state index in [1.54, 1.807) is 11.9 Å². The van der Waals surface area contributed by atoms with Gasteiger partial charge in [-0.2, -0.15) is 0 Å². The van der Waals surface area contributed by atoms with Crippen molar-refractivity contribution in [3.05, 3.63) is 0 Å². The summed E-state index contributed by atoms with van der Waals surface area (Å²) in [5.74, 6) is 0. The number of rotatable bonds is 0. The van der Waals surface area contributed by atoms with Gasteiger partial charge in [-0.25, -0.2) is 0 Å². The van der Waals surface area contributed by atoms with E-state index in [4.69, 9.17) is 0 Å². The third kappa shape index (κ3) is 0.992. The van der Waals surface area contributed by atoms with Crippen molar-refractivity contribution in [3.63, 3.8) is 0 Å². The van der Waals surface area contributed by atoms with Crippen LogP contribution < -0.4 is 0 Å². The number of aliphatic hydroxyl groups excluding tert-OH is 3. The van der Waals surface area contributed by atoms with Crippen molar-refractivity contribution in [1.29, 1.82) is 0 Å². The van der Waals surface area contributed by atoms with Crippen molar-refractivity contribution in [1.82, 2.24) is 4.90 Å². The van der Waals surface area contributed by atoms with Crippen molar-refractivity contribution in [2.75, 3.05) is 7.05 Å². The van der Waals surface area contributed by atoms with Gasteiger partial charge in [0.05, 0.1) is 6.10 Å². The highest BCUT2D eigenvalue weighted by Crippen LogP contribution is 2.41. The van der Waals surface area contributed by atoms with Crippen molar-refractivity contribution in [2.24, 2.45) is 0 Å². The first-order valence-corrected chi connectivity index (χ1v) is 4.48. The lowest BCUT2D eigenvalue weighted by molar-refractivity contribution is -0.243. The first kappa shape index (κ1) is 9.36. The molecule has 0 spiro atoms. The molecule has 2 rings (SSSR count). The quantitative estimate of drug-likeness (QED) is 0.350. The molecule has 2 aliphatic heterocycles. The summed E-state index contributed by atoms with van der Waals surface area (Å²) in [5, 5.41) is 38.5. The second-order valence-corrected chi connectivity index (χ2v) is 4.02. The molecule has 5 heteroatoms. The van der Waals surface area contributed by atoms with Crippen LogP contribution >= 0.6 is 0 Å². The van der Waals surface area contributed by atoms with Crippen LogP contribution in [0.15, 0.2) is 0 Å². The number of nitrogens with zero attached hydrogens (tertiary/aromatic N) is 1. The van der Waals surface area contributed by atoms with E-state index in [1.165, 1.54) is 0 Å². The summed E-state index contributed by atoms with van der Waals surface area (Å²) in [7, 11) is 1.65. The maximum atomic E-state index is 9.95. The molecule has 0 saturated carbocycles. The third-order valence-electron chi connectivity index (χ3n) is 3.46. The molecule has 0 aromatic carbocycles. The lowest BCUT2D eigenvalue weighted by Crippen LogP contribution is -2.67. The molecule has 0 aromatic heterocycles. The summed E-state index contributed by atoms with van der Waals surface area (Å²) in [5.41, 5.74) is -1.36. The first-order chi connectivity index (χ1) is 5.98. The van der Waals surface area contributed by atoms with E-state index in [0.29, 0.717) is 12.8 Å². The highest BCUT2D eigenvalue weighted by Gasteiger charge is 2.58. The van der Waals surface area contributed by atoms with Gasteiger partial charge < -0.3 is 20.4 Å². The van der Waals surface area contributed by atoms with Crippen LogP contribution in [0, 0.1) is 0 Å². The maximum Gasteiger partial charge on any atom is 0.147 e.